The van der Waals surface area contributed by atoms with Crippen molar-refractivity contribution in [1.29, 1.82) is 0 Å². The van der Waals surface area contributed by atoms with E-state index in [1.807, 2.05) is 0 Å². The first-order valence-corrected chi connectivity index (χ1v) is 9.43. The van der Waals surface area contributed by atoms with Gasteiger partial charge in [0.05, 0.1) is 18.8 Å². The van der Waals surface area contributed by atoms with E-state index in [0.717, 1.165) is 12.8 Å². The molecule has 0 bridgehead atoms. The van der Waals surface area contributed by atoms with Crippen LogP contribution in [0, 0.1) is 13.8 Å². The molecule has 0 aliphatic carbocycles. The van der Waals surface area contributed by atoms with Crippen molar-refractivity contribution in [3.05, 3.63) is 17.0 Å². The first-order valence-electron chi connectivity index (χ1n) is 7.99. The lowest BCUT2D eigenvalue weighted by molar-refractivity contribution is 0.0728. The summed E-state index contributed by atoms with van der Waals surface area (Å²) in [7, 11) is -3.70. The molecule has 23 heavy (non-hydrogen) atoms. The van der Waals surface area contributed by atoms with Crippen LogP contribution >= 0.6 is 0 Å². The van der Waals surface area contributed by atoms with E-state index >= 15 is 0 Å². The van der Waals surface area contributed by atoms with Crippen LogP contribution in [0.1, 0.15) is 34.6 Å². The lowest BCUT2D eigenvalue weighted by Crippen LogP contribution is -2.41. The van der Waals surface area contributed by atoms with E-state index in [1.54, 1.807) is 18.7 Å². The van der Waals surface area contributed by atoms with E-state index in [1.165, 1.54) is 4.31 Å². The minimum Gasteiger partial charge on any atom is -0.379 e. The van der Waals surface area contributed by atoms with Crippen LogP contribution in [0.4, 0.5) is 0 Å². The summed E-state index contributed by atoms with van der Waals surface area (Å²) in [5.74, 6) is -0.184. The fraction of sp³-hybridized carbons (Fsp3) is 0.667. The number of sulfonamides is 1. The Morgan fingerprint density at radius 2 is 1.65 bits per heavy atom. The van der Waals surface area contributed by atoms with Crippen LogP contribution in [0.15, 0.2) is 4.90 Å². The van der Waals surface area contributed by atoms with Gasteiger partial charge in [-0.15, -0.1) is 0 Å². The van der Waals surface area contributed by atoms with Crippen molar-refractivity contribution >= 4 is 15.9 Å². The third-order valence-corrected chi connectivity index (χ3v) is 6.56. The van der Waals surface area contributed by atoms with E-state index in [9.17, 15) is 13.2 Å². The minimum atomic E-state index is -3.70. The number of aromatic nitrogens is 1. The van der Waals surface area contributed by atoms with Gasteiger partial charge in [0.2, 0.25) is 10.0 Å². The fourth-order valence-electron chi connectivity index (χ4n) is 3.33. The van der Waals surface area contributed by atoms with Gasteiger partial charge in [-0.3, -0.25) is 4.79 Å². The van der Waals surface area contributed by atoms with E-state index in [0.29, 0.717) is 56.3 Å². The number of amides is 1. The van der Waals surface area contributed by atoms with Gasteiger partial charge in [0, 0.05) is 37.6 Å². The first kappa shape index (κ1) is 16.5. The predicted molar refractivity (Wildman–Crippen MR) is 85.0 cm³/mol. The van der Waals surface area contributed by atoms with Crippen molar-refractivity contribution in [3.63, 3.8) is 0 Å². The van der Waals surface area contributed by atoms with Gasteiger partial charge in [-0.05, 0) is 26.7 Å². The largest absolute Gasteiger partial charge is 0.379 e. The number of hydrogen-bond donors (Lipinski definition) is 1. The maximum atomic E-state index is 13.0. The van der Waals surface area contributed by atoms with Gasteiger partial charge in [-0.25, -0.2) is 8.42 Å². The SMILES string of the molecule is Cc1[nH]c(C)c(S(=O)(=O)N2CCOCC2)c1C(=O)N1CCCC1. The molecule has 1 amide bonds. The fourth-order valence-corrected chi connectivity index (χ4v) is 5.16. The summed E-state index contributed by atoms with van der Waals surface area (Å²) >= 11 is 0. The number of nitrogens with zero attached hydrogens (tertiary/aromatic N) is 2. The molecule has 0 saturated carbocycles. The van der Waals surface area contributed by atoms with Crippen LogP contribution in [-0.4, -0.2) is 67.9 Å². The third-order valence-electron chi connectivity index (χ3n) is 4.49. The summed E-state index contributed by atoms with van der Waals surface area (Å²) in [4.78, 5) is 17.7. The number of rotatable bonds is 3. The van der Waals surface area contributed by atoms with Gasteiger partial charge in [0.25, 0.3) is 5.91 Å². The zero-order valence-electron chi connectivity index (χ0n) is 13.6. The highest BCUT2D eigenvalue weighted by molar-refractivity contribution is 7.89. The van der Waals surface area contributed by atoms with Crippen molar-refractivity contribution in [3.8, 4) is 0 Å². The number of ether oxygens (including phenoxy) is 1. The van der Waals surface area contributed by atoms with E-state index in [2.05, 4.69) is 4.98 Å². The molecule has 1 N–H and O–H groups in total. The number of H-pyrrole nitrogens is 1. The molecule has 7 nitrogen and oxygen atoms in total. The van der Waals surface area contributed by atoms with Crippen LogP contribution in [0.5, 0.6) is 0 Å². The average molecular weight is 341 g/mol. The quantitative estimate of drug-likeness (QED) is 0.885. The summed E-state index contributed by atoms with van der Waals surface area (Å²) in [6.45, 7) is 6.27. The molecule has 2 saturated heterocycles. The molecule has 0 aromatic carbocycles. The number of nitrogens with one attached hydrogen (secondary N) is 1. The molecule has 0 unspecified atom stereocenters. The maximum Gasteiger partial charge on any atom is 0.257 e. The highest BCUT2D eigenvalue weighted by Gasteiger charge is 2.36. The van der Waals surface area contributed by atoms with Crippen molar-refractivity contribution in [2.24, 2.45) is 0 Å². The Bertz CT molecular complexity index is 699. The Hall–Kier alpha value is -1.38. The Balaban J connectivity index is 2.03. The summed E-state index contributed by atoms with van der Waals surface area (Å²) in [5.41, 5.74) is 1.44. The maximum absolute atomic E-state index is 13.0. The molecule has 2 aliphatic heterocycles. The van der Waals surface area contributed by atoms with Gasteiger partial charge in [-0.2, -0.15) is 4.31 Å². The van der Waals surface area contributed by atoms with E-state index in [-0.39, 0.29) is 10.8 Å². The van der Waals surface area contributed by atoms with Crippen LogP contribution < -0.4 is 0 Å². The van der Waals surface area contributed by atoms with Gasteiger partial charge < -0.3 is 14.6 Å². The number of carbonyl (C=O) groups is 1. The molecule has 2 aliphatic rings. The molecule has 1 aromatic rings. The Labute approximate surface area is 136 Å². The van der Waals surface area contributed by atoms with Crippen LogP contribution in [0.3, 0.4) is 0 Å². The molecule has 128 valence electrons. The van der Waals surface area contributed by atoms with Crippen molar-refractivity contribution in [2.45, 2.75) is 31.6 Å². The summed E-state index contributed by atoms with van der Waals surface area (Å²) in [6.07, 6.45) is 1.94. The summed E-state index contributed by atoms with van der Waals surface area (Å²) in [6, 6.07) is 0. The molecular formula is C15H23N3O4S. The lowest BCUT2D eigenvalue weighted by atomic mass is 10.2. The van der Waals surface area contributed by atoms with Crippen LogP contribution in [-0.2, 0) is 14.8 Å². The average Bonchev–Trinajstić information content (AvgIpc) is 3.15. The van der Waals surface area contributed by atoms with Gasteiger partial charge in [0.1, 0.15) is 4.90 Å². The highest BCUT2D eigenvalue weighted by Crippen LogP contribution is 2.29. The monoisotopic (exact) mass is 341 g/mol. The Kier molecular flexibility index (Phi) is 4.48. The molecule has 0 spiro atoms. The molecular weight excluding hydrogens is 318 g/mol. The normalized spacial score (nSPS) is 20.2. The summed E-state index contributed by atoms with van der Waals surface area (Å²) < 4.78 is 32.7. The Morgan fingerprint density at radius 3 is 2.26 bits per heavy atom. The molecule has 0 radical (unpaired) electrons. The number of aromatic amines is 1. The second kappa shape index (κ2) is 6.26. The number of carbonyl (C=O) groups excluding carboxylic acids is 1. The van der Waals surface area contributed by atoms with Crippen LogP contribution in [0.2, 0.25) is 0 Å². The van der Waals surface area contributed by atoms with Gasteiger partial charge in [-0.1, -0.05) is 0 Å². The smallest absolute Gasteiger partial charge is 0.257 e. The topological polar surface area (TPSA) is 82.7 Å². The van der Waals surface area contributed by atoms with E-state index in [4.69, 9.17) is 4.74 Å². The summed E-state index contributed by atoms with van der Waals surface area (Å²) in [5, 5.41) is 0. The lowest BCUT2D eigenvalue weighted by Gasteiger charge is -2.27. The third kappa shape index (κ3) is 2.90. The number of hydrogen-bond acceptors (Lipinski definition) is 4. The number of likely N-dealkylation sites (tertiary alicyclic amines) is 1. The highest BCUT2D eigenvalue weighted by atomic mass is 32.2. The van der Waals surface area contributed by atoms with Crippen LogP contribution in [0.25, 0.3) is 0 Å². The predicted octanol–water partition coefficient (Wildman–Crippen LogP) is 0.888. The molecule has 3 rings (SSSR count). The Morgan fingerprint density at radius 1 is 1.04 bits per heavy atom. The van der Waals surface area contributed by atoms with Crippen molar-refractivity contribution < 1.29 is 17.9 Å². The standard InChI is InChI=1S/C15H23N3O4S/c1-11-13(15(19)17-5-3-4-6-17)14(12(2)16-11)23(20,21)18-7-9-22-10-8-18/h16H,3-10H2,1-2H3. The minimum absolute atomic E-state index is 0.133. The number of morpholine rings is 1. The second-order valence-electron chi connectivity index (χ2n) is 6.09. The molecule has 0 atom stereocenters. The molecule has 8 heteroatoms. The van der Waals surface area contributed by atoms with Crippen molar-refractivity contribution in [1.82, 2.24) is 14.2 Å². The first-order chi connectivity index (χ1) is 10.9. The molecule has 3 heterocycles. The van der Waals surface area contributed by atoms with Crippen molar-refractivity contribution in [2.75, 3.05) is 39.4 Å². The molecule has 1 aromatic heterocycles. The van der Waals surface area contributed by atoms with Gasteiger partial charge >= 0.3 is 0 Å². The number of aryl methyl sites for hydroxylation is 2. The zero-order valence-corrected chi connectivity index (χ0v) is 14.4. The van der Waals surface area contributed by atoms with E-state index < -0.39 is 10.0 Å². The second-order valence-corrected chi connectivity index (χ2v) is 7.97. The van der Waals surface area contributed by atoms with Gasteiger partial charge in [0.15, 0.2) is 0 Å². The zero-order chi connectivity index (χ0) is 16.6. The molecule has 2 fully saturated rings.